The molecule has 1 fully saturated rings. The first-order valence-corrected chi connectivity index (χ1v) is 8.44. The molecule has 1 atom stereocenters. The molecule has 114 valence electrons. The Kier molecular flexibility index (Phi) is 4.68. The molecule has 0 aromatic heterocycles. The van der Waals surface area contributed by atoms with Gasteiger partial charge in [0.05, 0.1) is 0 Å². The number of hydrogen-bond acceptors (Lipinski definition) is 3. The molecule has 0 bridgehead atoms. The Morgan fingerprint density at radius 3 is 2.82 bits per heavy atom. The summed E-state index contributed by atoms with van der Waals surface area (Å²) in [4.78, 5) is 13.6. The van der Waals surface area contributed by atoms with E-state index in [9.17, 15) is 4.79 Å². The molecular weight excluding hydrogens is 294 g/mol. The molecule has 1 saturated heterocycles. The monoisotopic (exact) mass is 313 g/mol. The highest BCUT2D eigenvalue weighted by Gasteiger charge is 2.28. The van der Waals surface area contributed by atoms with E-state index in [1.165, 1.54) is 0 Å². The molecule has 0 spiro atoms. The number of carbonyl (C=O) groups is 1. The summed E-state index contributed by atoms with van der Waals surface area (Å²) in [6.07, 6.45) is 0. The van der Waals surface area contributed by atoms with Crippen molar-refractivity contribution >= 4 is 17.7 Å². The van der Waals surface area contributed by atoms with Gasteiger partial charge in [-0.15, -0.1) is 11.8 Å². The number of amides is 1. The predicted molar refractivity (Wildman–Crippen MR) is 89.8 cm³/mol. The molecule has 0 saturated carbocycles. The number of ether oxygens (including phenoxy) is 1. The van der Waals surface area contributed by atoms with Crippen molar-refractivity contribution in [2.24, 2.45) is 0 Å². The van der Waals surface area contributed by atoms with Crippen LogP contribution >= 0.6 is 11.8 Å². The normalized spacial score (nSPS) is 17.5. The van der Waals surface area contributed by atoms with Crippen LogP contribution in [-0.2, 0) is 11.4 Å². The Labute approximate surface area is 135 Å². The first-order chi connectivity index (χ1) is 10.7. The fourth-order valence-electron chi connectivity index (χ4n) is 2.57. The summed E-state index contributed by atoms with van der Waals surface area (Å²) in [5.74, 6) is 1.96. The lowest BCUT2D eigenvalue weighted by Crippen LogP contribution is -2.27. The van der Waals surface area contributed by atoms with E-state index in [0.717, 1.165) is 29.2 Å². The molecule has 3 nitrogen and oxygen atoms in total. The van der Waals surface area contributed by atoms with Crippen LogP contribution in [0.15, 0.2) is 54.6 Å². The Hall–Kier alpha value is -1.94. The maximum Gasteiger partial charge on any atom is 0.220 e. The summed E-state index contributed by atoms with van der Waals surface area (Å²) in [7, 11) is 0. The van der Waals surface area contributed by atoms with Gasteiger partial charge >= 0.3 is 0 Å². The molecule has 2 aromatic rings. The van der Waals surface area contributed by atoms with E-state index in [1.807, 2.05) is 53.4 Å². The Balaban J connectivity index is 1.71. The van der Waals surface area contributed by atoms with Gasteiger partial charge < -0.3 is 9.64 Å². The molecule has 4 heteroatoms. The van der Waals surface area contributed by atoms with Gasteiger partial charge in [0.15, 0.2) is 0 Å². The summed E-state index contributed by atoms with van der Waals surface area (Å²) in [6.45, 7) is 3.01. The van der Waals surface area contributed by atoms with Gasteiger partial charge in [-0.05, 0) is 23.3 Å². The lowest BCUT2D eigenvalue weighted by atomic mass is 10.2. The van der Waals surface area contributed by atoms with Crippen LogP contribution in [0.25, 0.3) is 0 Å². The van der Waals surface area contributed by atoms with Gasteiger partial charge in [0.2, 0.25) is 5.91 Å². The molecule has 0 N–H and O–H groups in total. The van der Waals surface area contributed by atoms with Crippen molar-refractivity contribution in [2.75, 3.05) is 12.3 Å². The maximum absolute atomic E-state index is 11.7. The van der Waals surface area contributed by atoms with Crippen molar-refractivity contribution in [1.82, 2.24) is 4.90 Å². The molecular formula is C18H19NO2S. The average Bonchev–Trinajstić information content (AvgIpc) is 3.04. The summed E-state index contributed by atoms with van der Waals surface area (Å²) >= 11 is 1.80. The summed E-state index contributed by atoms with van der Waals surface area (Å²) < 4.78 is 5.88. The predicted octanol–water partition coefficient (Wildman–Crippen LogP) is 3.86. The second-order valence-electron chi connectivity index (χ2n) is 5.28. The minimum Gasteiger partial charge on any atom is -0.489 e. The van der Waals surface area contributed by atoms with E-state index in [2.05, 4.69) is 6.07 Å². The molecule has 22 heavy (non-hydrogen) atoms. The van der Waals surface area contributed by atoms with Crippen LogP contribution in [0.1, 0.15) is 23.4 Å². The Morgan fingerprint density at radius 2 is 2.05 bits per heavy atom. The lowest BCUT2D eigenvalue weighted by molar-refractivity contribution is -0.128. The molecule has 1 heterocycles. The molecule has 1 aliphatic heterocycles. The third-order valence-corrected chi connectivity index (χ3v) is 4.95. The van der Waals surface area contributed by atoms with Gasteiger partial charge in [-0.2, -0.15) is 0 Å². The topological polar surface area (TPSA) is 29.5 Å². The fraction of sp³-hybridized carbons (Fsp3) is 0.278. The molecule has 1 aliphatic rings. The third kappa shape index (κ3) is 3.45. The molecule has 2 aromatic carbocycles. The van der Waals surface area contributed by atoms with E-state index in [4.69, 9.17) is 4.74 Å². The van der Waals surface area contributed by atoms with Crippen molar-refractivity contribution in [3.63, 3.8) is 0 Å². The van der Waals surface area contributed by atoms with E-state index < -0.39 is 0 Å². The molecule has 0 aliphatic carbocycles. The zero-order valence-electron chi connectivity index (χ0n) is 12.6. The summed E-state index contributed by atoms with van der Waals surface area (Å²) in [5.41, 5.74) is 2.27. The molecule has 0 unspecified atom stereocenters. The van der Waals surface area contributed by atoms with Crippen molar-refractivity contribution < 1.29 is 9.53 Å². The number of rotatable bonds is 4. The first kappa shape index (κ1) is 15.0. The number of hydrogen-bond donors (Lipinski definition) is 0. The molecule has 1 amide bonds. The molecule has 0 radical (unpaired) electrons. The van der Waals surface area contributed by atoms with Crippen LogP contribution < -0.4 is 4.74 Å². The summed E-state index contributed by atoms with van der Waals surface area (Å²) in [5, 5.41) is 0.109. The second kappa shape index (κ2) is 6.88. The van der Waals surface area contributed by atoms with Crippen molar-refractivity contribution in [3.8, 4) is 5.75 Å². The van der Waals surface area contributed by atoms with E-state index >= 15 is 0 Å². The Morgan fingerprint density at radius 1 is 1.23 bits per heavy atom. The maximum atomic E-state index is 11.7. The minimum absolute atomic E-state index is 0.109. The average molecular weight is 313 g/mol. The fourth-order valence-corrected chi connectivity index (χ4v) is 3.87. The quantitative estimate of drug-likeness (QED) is 0.858. The van der Waals surface area contributed by atoms with Gasteiger partial charge in [-0.3, -0.25) is 4.79 Å². The van der Waals surface area contributed by atoms with Crippen LogP contribution in [0, 0.1) is 0 Å². The number of nitrogens with zero attached hydrogens (tertiary/aromatic N) is 1. The summed E-state index contributed by atoms with van der Waals surface area (Å²) in [6, 6.07) is 18.2. The Bertz CT molecular complexity index is 645. The van der Waals surface area contributed by atoms with Crippen molar-refractivity contribution in [1.29, 1.82) is 0 Å². The smallest absolute Gasteiger partial charge is 0.220 e. The number of thioether (sulfide) groups is 1. The standard InChI is InChI=1S/C18H19NO2S/c1-14(20)19-10-11-22-18(19)16-8-5-9-17(12-16)21-13-15-6-3-2-4-7-15/h2-9,12,18H,10-11,13H2,1H3/t18-/m0/s1. The number of carbonyl (C=O) groups excluding carboxylic acids is 1. The third-order valence-electron chi connectivity index (χ3n) is 3.69. The molecule has 3 rings (SSSR count). The minimum atomic E-state index is 0.109. The van der Waals surface area contributed by atoms with Crippen LogP contribution in [0.2, 0.25) is 0 Å². The highest BCUT2D eigenvalue weighted by atomic mass is 32.2. The van der Waals surface area contributed by atoms with Crippen LogP contribution in [0.3, 0.4) is 0 Å². The largest absolute Gasteiger partial charge is 0.489 e. The van der Waals surface area contributed by atoms with Gasteiger partial charge in [-0.1, -0.05) is 42.5 Å². The van der Waals surface area contributed by atoms with Crippen LogP contribution in [0.5, 0.6) is 5.75 Å². The van der Waals surface area contributed by atoms with E-state index in [1.54, 1.807) is 18.7 Å². The van der Waals surface area contributed by atoms with Gasteiger partial charge in [0.1, 0.15) is 17.7 Å². The van der Waals surface area contributed by atoms with Crippen molar-refractivity contribution in [3.05, 3.63) is 65.7 Å². The highest BCUT2D eigenvalue weighted by Crippen LogP contribution is 2.38. The first-order valence-electron chi connectivity index (χ1n) is 7.39. The lowest BCUT2D eigenvalue weighted by Gasteiger charge is -2.23. The highest BCUT2D eigenvalue weighted by molar-refractivity contribution is 7.99. The van der Waals surface area contributed by atoms with E-state index in [0.29, 0.717) is 6.61 Å². The van der Waals surface area contributed by atoms with Gasteiger partial charge in [-0.25, -0.2) is 0 Å². The van der Waals surface area contributed by atoms with E-state index in [-0.39, 0.29) is 11.3 Å². The van der Waals surface area contributed by atoms with Crippen molar-refractivity contribution in [2.45, 2.75) is 18.9 Å². The zero-order chi connectivity index (χ0) is 15.4. The zero-order valence-corrected chi connectivity index (χ0v) is 13.4. The van der Waals surface area contributed by atoms with Gasteiger partial charge in [0, 0.05) is 19.2 Å². The van der Waals surface area contributed by atoms with Crippen LogP contribution in [-0.4, -0.2) is 23.1 Å². The van der Waals surface area contributed by atoms with Crippen LogP contribution in [0.4, 0.5) is 0 Å². The number of benzene rings is 2. The SMILES string of the molecule is CC(=O)N1CCS[C@H]1c1cccc(OCc2ccccc2)c1. The second-order valence-corrected chi connectivity index (χ2v) is 6.47. The van der Waals surface area contributed by atoms with Gasteiger partial charge in [0.25, 0.3) is 0 Å².